The maximum atomic E-state index is 14.2. The van der Waals surface area contributed by atoms with Gasteiger partial charge in [0.05, 0.1) is 158 Å². The highest BCUT2D eigenvalue weighted by Gasteiger charge is 2.55. The molecule has 0 aliphatic carbocycles. The lowest BCUT2D eigenvalue weighted by atomic mass is 9.96. The lowest BCUT2D eigenvalue weighted by Crippen LogP contribution is -2.66. The van der Waals surface area contributed by atoms with Gasteiger partial charge in [-0.1, -0.05) is 0 Å². The zero-order chi connectivity index (χ0) is 106. The van der Waals surface area contributed by atoms with Crippen LogP contribution in [0.4, 0.5) is 0 Å². The first kappa shape index (κ1) is 126. The van der Waals surface area contributed by atoms with Crippen molar-refractivity contribution in [1.29, 1.82) is 5.26 Å². The highest BCUT2D eigenvalue weighted by Crippen LogP contribution is 2.46. The Kier molecular flexibility index (Phi) is 64.1. The fourth-order valence-corrected chi connectivity index (χ4v) is 15.5. The normalized spacial score (nSPS) is 21.5. The molecule has 18 atom stereocenters. The molecule has 3 rings (SSSR count). The van der Waals surface area contributed by atoms with E-state index < -0.39 is 265 Å². The maximum absolute atomic E-state index is 14.2. The van der Waals surface area contributed by atoms with Crippen LogP contribution in [0.15, 0.2) is 0 Å². The van der Waals surface area contributed by atoms with Crippen molar-refractivity contribution in [2.45, 2.75) is 266 Å². The van der Waals surface area contributed by atoms with E-state index in [-0.39, 0.29) is 157 Å². The van der Waals surface area contributed by atoms with E-state index in [1.807, 2.05) is 27.7 Å². The topological polar surface area (TPSA) is 661 Å². The van der Waals surface area contributed by atoms with E-state index in [1.165, 1.54) is 0 Å². The van der Waals surface area contributed by atoms with Gasteiger partial charge in [-0.3, -0.25) is 91.6 Å². The molecule has 3 saturated heterocycles. The number of carbonyl (C=O) groups is 18. The molecule has 0 aromatic heterocycles. The Morgan fingerprint density at radius 1 is 0.338 bits per heavy atom. The number of esters is 9. The number of ether oxygens (including phenoxy) is 23. The third-order valence-corrected chi connectivity index (χ3v) is 21.7. The third kappa shape index (κ3) is 54.6. The number of carbonyl (C=O) groups excluding carboxylic acids is 18. The number of hydrogen-bond donors (Lipinski definition) is 8. The van der Waals surface area contributed by atoms with Crippen LogP contribution in [-0.4, -0.2) is 400 Å². The van der Waals surface area contributed by atoms with Crippen LogP contribution in [-0.2, 0) is 204 Å². The Balaban J connectivity index is 1.79. The number of imide groups is 1. The van der Waals surface area contributed by atoms with Gasteiger partial charge in [0, 0.05) is 140 Å². The molecule has 142 heavy (non-hydrogen) atoms. The van der Waals surface area contributed by atoms with Gasteiger partial charge in [0.1, 0.15) is 62.3 Å². The number of nitrogens with zero attached hydrogens (tertiary/aromatic N) is 2. The molecule has 0 saturated carbocycles. The Morgan fingerprint density at radius 3 is 1.00 bits per heavy atom. The van der Waals surface area contributed by atoms with Crippen molar-refractivity contribution in [2.75, 3.05) is 178 Å². The molecule has 3 aliphatic heterocycles. The number of nitriles is 1. The van der Waals surface area contributed by atoms with Crippen LogP contribution in [0.5, 0.6) is 0 Å². The Hall–Kier alpha value is -10.1. The second-order valence-electron chi connectivity index (χ2n) is 32.3. The van der Waals surface area contributed by atoms with Crippen molar-refractivity contribution in [2.24, 2.45) is 5.92 Å². The molecule has 0 radical (unpaired) electrons. The van der Waals surface area contributed by atoms with Crippen LogP contribution in [0.3, 0.4) is 0 Å². The minimum atomic E-state index is -1.50. The van der Waals surface area contributed by atoms with Crippen molar-refractivity contribution in [3.05, 3.63) is 0 Å². The Morgan fingerprint density at radius 2 is 0.655 bits per heavy atom. The molecule has 0 aromatic rings. The molecule has 0 aromatic carbocycles. The number of hydrogen-bond acceptors (Lipinski definition) is 45. The van der Waals surface area contributed by atoms with Crippen LogP contribution in [0, 0.1) is 17.2 Å². The minimum absolute atomic E-state index is 0.0550. The molecule has 3 fully saturated rings. The third-order valence-electron chi connectivity index (χ3n) is 19.6. The fraction of sp³-hybridized carbons (Fsp3) is 0.784. The molecule has 3 unspecified atom stereocenters. The first-order chi connectivity index (χ1) is 67.5. The summed E-state index contributed by atoms with van der Waals surface area (Å²) in [7, 11) is -1.38. The molecule has 53 nitrogen and oxygen atoms in total. The van der Waals surface area contributed by atoms with Crippen molar-refractivity contribution in [3.63, 3.8) is 0 Å². The molecular formula is C88H143N10O43P. The SMILES string of the molecule is CC(=O)N[C@H]1[C@@H](OCCOCCNC(=O)CCC(NC(=O)CCC(CC(=O)NC(=O)CCOCCOCCOCCOCCOCCOP(OCCC#N)N(C(C)C)C(C)C)C(=O)NCCOCCO[C@H]2O[C@H](COC(C)=O)[C@H](OC(C)=O)[C@H](OC(C)=O)[C@H]2NC(C)=O)C(=O)NCCOCCO[C@H]2O[C@H](COC(C)=O)[C@H](OC(C)=O)[C@H](OC(C)=O)[C@H]2NC(C)=O)O[C@H](COC(C)=O)[C@H](OC(C)=O)[C@@H]1OC(C)=O. The zero-order valence-corrected chi connectivity index (χ0v) is 84.3. The molecule has 0 bridgehead atoms. The van der Waals surface area contributed by atoms with E-state index in [1.54, 1.807) is 0 Å². The lowest BCUT2D eigenvalue weighted by Gasteiger charge is -2.44. The summed E-state index contributed by atoms with van der Waals surface area (Å²) in [4.78, 5) is 230. The Bertz CT molecular complexity index is 3960. The fourth-order valence-electron chi connectivity index (χ4n) is 14.0. The number of amides is 9. The van der Waals surface area contributed by atoms with E-state index in [9.17, 15) is 86.3 Å². The predicted molar refractivity (Wildman–Crippen MR) is 483 cm³/mol. The van der Waals surface area contributed by atoms with Crippen LogP contribution in [0.2, 0.25) is 0 Å². The second kappa shape index (κ2) is 72.2. The monoisotopic (exact) mass is 2060 g/mol. The molecule has 9 amide bonds. The van der Waals surface area contributed by atoms with E-state index in [0.29, 0.717) is 33.0 Å². The van der Waals surface area contributed by atoms with Crippen molar-refractivity contribution in [3.8, 4) is 6.07 Å². The predicted octanol–water partition coefficient (Wildman–Crippen LogP) is -2.14. The molecule has 0 spiro atoms. The molecule has 54 heteroatoms. The van der Waals surface area contributed by atoms with Crippen molar-refractivity contribution < 1.29 is 204 Å². The highest BCUT2D eigenvalue weighted by atomic mass is 31.2. The standard InChI is InChI=1S/C88H143N10O43P/c1-52(2)98(53(3)4)142(131-27-17-23-89)132-47-43-124-39-38-123-37-36-122-35-34-121-33-32-117-28-22-73(113)97-74(114)48-66(84(115)91-25-30-119-41-45-126-87-76(94-55(6)100)82(137-64(15)109)79(134-61(12)106)69(140-87)50-129-58(9)103)18-20-72(112)96-67(85(116)92-26-31-120-42-46-127-88-77(95-56(7)101)83(138-65(16)110)80(135-62(13)107)70(141-88)51-130-59(10)104)19-21-71(111)90-24-29-118-40-44-125-86-75(93-54(5)99)81(136-63(14)108)78(133-60(11)105)68(139-86)49-128-57(8)102/h52-53,66-70,75-83,86-88H,17-22,24-51H2,1-16H3,(H,90,111)(H,91,115)(H,92,116)(H,93,99)(H,94,100)(H,95,101)(H,96,112)(H,97,113,114)/t66?,67?,68-,69-,70-,75-,76-,77-,78+,79+,80+,81-,82-,83-,86+,87+,88+,142?/m1/s1. The molecular weight excluding hydrogens is 1920 g/mol. The molecule has 3 aliphatic rings. The molecule has 3 heterocycles. The van der Waals surface area contributed by atoms with Crippen LogP contribution in [0.1, 0.15) is 156 Å². The van der Waals surface area contributed by atoms with Crippen LogP contribution >= 0.6 is 8.53 Å². The van der Waals surface area contributed by atoms with Gasteiger partial charge in [-0.25, -0.2) is 4.67 Å². The average molecular weight is 2060 g/mol. The second-order valence-corrected chi connectivity index (χ2v) is 33.8. The summed E-state index contributed by atoms with van der Waals surface area (Å²) >= 11 is 0. The summed E-state index contributed by atoms with van der Waals surface area (Å²) in [5.41, 5.74) is 0. The number of nitrogens with one attached hydrogen (secondary N) is 8. The maximum Gasteiger partial charge on any atom is 0.303 e. The van der Waals surface area contributed by atoms with Gasteiger partial charge >= 0.3 is 53.7 Å². The van der Waals surface area contributed by atoms with Gasteiger partial charge in [0.2, 0.25) is 53.2 Å². The first-order valence-corrected chi connectivity index (χ1v) is 47.5. The smallest absolute Gasteiger partial charge is 0.303 e. The highest BCUT2D eigenvalue weighted by molar-refractivity contribution is 7.44. The quantitative estimate of drug-likeness (QED) is 0.0139. The zero-order valence-electron chi connectivity index (χ0n) is 83.4. The lowest BCUT2D eigenvalue weighted by molar-refractivity contribution is -0.279. The number of rotatable bonds is 72. The largest absolute Gasteiger partial charge is 0.463 e. The van der Waals surface area contributed by atoms with Gasteiger partial charge in [-0.2, -0.15) is 5.26 Å². The van der Waals surface area contributed by atoms with E-state index >= 15 is 0 Å². The van der Waals surface area contributed by atoms with Gasteiger partial charge in [0.15, 0.2) is 55.5 Å². The summed E-state index contributed by atoms with van der Waals surface area (Å²) in [6.07, 6.45) is -19.1. The van der Waals surface area contributed by atoms with Crippen LogP contribution in [0.25, 0.3) is 0 Å². The average Bonchev–Trinajstić information content (AvgIpc) is 0.793. The Labute approximate surface area is 824 Å². The molecule has 8 N–H and O–H groups in total. The van der Waals surface area contributed by atoms with Gasteiger partial charge < -0.3 is 155 Å². The van der Waals surface area contributed by atoms with Crippen molar-refractivity contribution >= 4 is 115 Å². The van der Waals surface area contributed by atoms with E-state index in [4.69, 9.17) is 123 Å². The van der Waals surface area contributed by atoms with Gasteiger partial charge in [0.25, 0.3) is 8.53 Å². The van der Waals surface area contributed by atoms with Crippen molar-refractivity contribution in [1.82, 2.24) is 47.2 Å². The molecule has 808 valence electrons. The van der Waals surface area contributed by atoms with Gasteiger partial charge in [-0.05, 0) is 40.5 Å². The summed E-state index contributed by atoms with van der Waals surface area (Å²) in [5.74, 6) is -15.4. The summed E-state index contributed by atoms with van der Waals surface area (Å²) in [5, 5.41) is 29.4. The van der Waals surface area contributed by atoms with Crippen LogP contribution < -0.4 is 42.5 Å². The van der Waals surface area contributed by atoms with Gasteiger partial charge in [-0.15, -0.1) is 0 Å². The van der Waals surface area contributed by atoms with E-state index in [2.05, 4.69) is 53.3 Å². The first-order valence-electron chi connectivity index (χ1n) is 46.3. The summed E-state index contributed by atoms with van der Waals surface area (Å²) < 4.78 is 143. The summed E-state index contributed by atoms with van der Waals surface area (Å²) in [6, 6.07) is -2.99. The van der Waals surface area contributed by atoms with E-state index in [0.717, 1.165) is 83.1 Å². The summed E-state index contributed by atoms with van der Waals surface area (Å²) in [6.45, 7) is 19.7. The minimum Gasteiger partial charge on any atom is -0.463 e.